The molecule has 0 saturated carbocycles. The van der Waals surface area contributed by atoms with E-state index < -0.39 is 6.10 Å². The van der Waals surface area contributed by atoms with Crippen molar-refractivity contribution in [2.24, 2.45) is 0 Å². The molecule has 1 aromatic carbocycles. The average molecular weight is 220 g/mol. The lowest BCUT2D eigenvalue weighted by molar-refractivity contribution is 0.104. The van der Waals surface area contributed by atoms with E-state index in [0.29, 0.717) is 5.56 Å². The molecule has 0 bridgehead atoms. The van der Waals surface area contributed by atoms with Crippen LogP contribution in [0.4, 0.5) is 0 Å². The molecule has 0 aliphatic carbocycles. The summed E-state index contributed by atoms with van der Waals surface area (Å²) in [6.07, 6.45) is 0.805. The molecule has 0 fully saturated rings. The molecule has 2 N–H and O–H groups in total. The van der Waals surface area contributed by atoms with Gasteiger partial charge < -0.3 is 10.2 Å². The van der Waals surface area contributed by atoms with Crippen LogP contribution in [0.5, 0.6) is 5.75 Å². The maximum absolute atomic E-state index is 11.7. The van der Waals surface area contributed by atoms with Gasteiger partial charge in [0, 0.05) is 0 Å². The van der Waals surface area contributed by atoms with Crippen molar-refractivity contribution in [1.82, 2.24) is 0 Å². The number of ketones is 1. The summed E-state index contributed by atoms with van der Waals surface area (Å²) in [7, 11) is 0. The maximum Gasteiger partial charge on any atom is 0.189 e. The fraction of sp³-hybridized carbons (Fsp3) is 0.308. The smallest absolute Gasteiger partial charge is 0.189 e. The normalized spacial score (nSPS) is 12.0. The molecule has 0 aliphatic heterocycles. The summed E-state index contributed by atoms with van der Waals surface area (Å²) in [6, 6.07) is 4.54. The molecular formula is C13H16O3. The molecule has 1 rings (SSSR count). The minimum Gasteiger partial charge on any atom is -0.507 e. The van der Waals surface area contributed by atoms with Crippen molar-refractivity contribution in [3.8, 4) is 5.75 Å². The Morgan fingerprint density at radius 3 is 2.50 bits per heavy atom. The third-order valence-corrected chi connectivity index (χ3v) is 2.19. The summed E-state index contributed by atoms with van der Waals surface area (Å²) in [4.78, 5) is 11.7. The summed E-state index contributed by atoms with van der Waals surface area (Å²) in [6.45, 7) is 5.24. The van der Waals surface area contributed by atoms with Crippen molar-refractivity contribution in [1.29, 1.82) is 0 Å². The van der Waals surface area contributed by atoms with Crippen molar-refractivity contribution in [2.75, 3.05) is 0 Å². The quantitative estimate of drug-likeness (QED) is 0.608. The minimum atomic E-state index is -0.654. The number of carbonyl (C=O) groups excluding carboxylic acids is 1. The summed E-state index contributed by atoms with van der Waals surface area (Å²) in [5, 5.41) is 19.0. The minimum absolute atomic E-state index is 0.0631. The molecular weight excluding hydrogens is 204 g/mol. The highest BCUT2D eigenvalue weighted by atomic mass is 16.3. The van der Waals surface area contributed by atoms with Gasteiger partial charge in [-0.1, -0.05) is 11.6 Å². The molecule has 86 valence electrons. The van der Waals surface area contributed by atoms with Gasteiger partial charge in [0.1, 0.15) is 5.75 Å². The van der Waals surface area contributed by atoms with Gasteiger partial charge in [-0.25, -0.2) is 0 Å². The van der Waals surface area contributed by atoms with Gasteiger partial charge in [-0.2, -0.15) is 0 Å². The van der Waals surface area contributed by atoms with E-state index >= 15 is 0 Å². The summed E-state index contributed by atoms with van der Waals surface area (Å²) >= 11 is 0. The van der Waals surface area contributed by atoms with Gasteiger partial charge in [-0.05, 0) is 44.5 Å². The van der Waals surface area contributed by atoms with Crippen LogP contribution >= 0.6 is 0 Å². The third kappa shape index (κ3) is 2.94. The van der Waals surface area contributed by atoms with Crippen LogP contribution in [-0.4, -0.2) is 16.0 Å². The van der Waals surface area contributed by atoms with Gasteiger partial charge in [0.25, 0.3) is 0 Å². The monoisotopic (exact) mass is 220 g/mol. The number of phenolic OH excluding ortho intramolecular Hbond substituents is 1. The predicted molar refractivity (Wildman–Crippen MR) is 62.5 cm³/mol. The number of carbonyl (C=O) groups is 1. The fourth-order valence-electron chi connectivity index (χ4n) is 1.35. The first kappa shape index (κ1) is 12.5. The molecule has 16 heavy (non-hydrogen) atoms. The number of hydrogen-bond acceptors (Lipinski definition) is 3. The second kappa shape index (κ2) is 4.94. The number of aliphatic hydroxyl groups excluding tert-OH is 1. The van der Waals surface area contributed by atoms with Crippen LogP contribution in [0.2, 0.25) is 0 Å². The lowest BCUT2D eigenvalue weighted by Crippen LogP contribution is -1.99. The number of aliphatic hydroxyl groups is 1. The highest BCUT2D eigenvalue weighted by Gasteiger charge is 2.11. The zero-order chi connectivity index (χ0) is 12.3. The van der Waals surface area contributed by atoms with Crippen LogP contribution < -0.4 is 0 Å². The largest absolute Gasteiger partial charge is 0.507 e. The SMILES string of the molecule is CC(C)=CC(=O)c1cc([C@@H](C)O)ccc1O. The molecule has 0 aliphatic rings. The standard InChI is InChI=1S/C13H16O3/c1-8(2)6-13(16)11-7-10(9(3)14)4-5-12(11)15/h4-7,9,14-15H,1-3H3/t9-/m1/s1. The topological polar surface area (TPSA) is 57.5 Å². The first-order valence-electron chi connectivity index (χ1n) is 5.12. The Kier molecular flexibility index (Phi) is 3.85. The number of phenols is 1. The van der Waals surface area contributed by atoms with Gasteiger partial charge in [0.05, 0.1) is 11.7 Å². The Morgan fingerprint density at radius 2 is 2.00 bits per heavy atom. The summed E-state index contributed by atoms with van der Waals surface area (Å²) < 4.78 is 0. The van der Waals surface area contributed by atoms with Crippen molar-refractivity contribution < 1.29 is 15.0 Å². The molecule has 3 nitrogen and oxygen atoms in total. The molecule has 0 saturated heterocycles. The molecule has 0 spiro atoms. The number of allylic oxidation sites excluding steroid dienone is 2. The zero-order valence-electron chi connectivity index (χ0n) is 9.69. The molecule has 3 heteroatoms. The second-order valence-electron chi connectivity index (χ2n) is 4.04. The predicted octanol–water partition coefficient (Wildman–Crippen LogP) is 2.59. The van der Waals surface area contributed by atoms with Crippen LogP contribution in [0.3, 0.4) is 0 Å². The molecule has 1 aromatic rings. The van der Waals surface area contributed by atoms with E-state index in [1.165, 1.54) is 18.2 Å². The Morgan fingerprint density at radius 1 is 1.38 bits per heavy atom. The van der Waals surface area contributed by atoms with E-state index in [1.807, 2.05) is 13.8 Å². The van der Waals surface area contributed by atoms with Gasteiger partial charge in [-0.15, -0.1) is 0 Å². The van der Waals surface area contributed by atoms with E-state index in [4.69, 9.17) is 0 Å². The Hall–Kier alpha value is -1.61. The molecule has 0 radical (unpaired) electrons. The van der Waals surface area contributed by atoms with Gasteiger partial charge in [0.15, 0.2) is 5.78 Å². The molecule has 0 unspecified atom stereocenters. The summed E-state index contributed by atoms with van der Waals surface area (Å²) in [5.41, 5.74) is 1.70. The van der Waals surface area contributed by atoms with Crippen molar-refractivity contribution in [2.45, 2.75) is 26.9 Å². The van der Waals surface area contributed by atoms with Gasteiger partial charge >= 0.3 is 0 Å². The molecule has 0 heterocycles. The average Bonchev–Trinajstić information content (AvgIpc) is 2.16. The van der Waals surface area contributed by atoms with E-state index in [2.05, 4.69) is 0 Å². The lowest BCUT2D eigenvalue weighted by atomic mass is 10.0. The van der Waals surface area contributed by atoms with Crippen LogP contribution in [0, 0.1) is 0 Å². The molecule has 1 atom stereocenters. The van der Waals surface area contributed by atoms with E-state index in [1.54, 1.807) is 13.0 Å². The first-order valence-corrected chi connectivity index (χ1v) is 5.12. The van der Waals surface area contributed by atoms with Crippen LogP contribution in [-0.2, 0) is 0 Å². The van der Waals surface area contributed by atoms with Gasteiger partial charge in [0.2, 0.25) is 0 Å². The number of aromatic hydroxyl groups is 1. The van der Waals surface area contributed by atoms with E-state index in [9.17, 15) is 15.0 Å². The van der Waals surface area contributed by atoms with E-state index in [-0.39, 0.29) is 17.1 Å². The number of rotatable bonds is 3. The summed E-state index contributed by atoms with van der Waals surface area (Å²) in [5.74, 6) is -0.313. The van der Waals surface area contributed by atoms with Crippen LogP contribution in [0.25, 0.3) is 0 Å². The Bertz CT molecular complexity index is 427. The highest BCUT2D eigenvalue weighted by molar-refractivity contribution is 6.06. The van der Waals surface area contributed by atoms with Crippen molar-refractivity contribution in [3.05, 3.63) is 41.0 Å². The second-order valence-corrected chi connectivity index (χ2v) is 4.04. The van der Waals surface area contributed by atoms with Crippen LogP contribution in [0.1, 0.15) is 42.8 Å². The Balaban J connectivity index is 3.17. The van der Waals surface area contributed by atoms with Gasteiger partial charge in [-0.3, -0.25) is 4.79 Å². The number of hydrogen-bond donors (Lipinski definition) is 2. The van der Waals surface area contributed by atoms with Crippen molar-refractivity contribution in [3.63, 3.8) is 0 Å². The third-order valence-electron chi connectivity index (χ3n) is 2.19. The lowest BCUT2D eigenvalue weighted by Gasteiger charge is -2.07. The highest BCUT2D eigenvalue weighted by Crippen LogP contribution is 2.23. The molecule has 0 amide bonds. The fourth-order valence-corrected chi connectivity index (χ4v) is 1.35. The van der Waals surface area contributed by atoms with Crippen LogP contribution in [0.15, 0.2) is 29.8 Å². The zero-order valence-corrected chi connectivity index (χ0v) is 9.69. The number of benzene rings is 1. The molecule has 0 aromatic heterocycles. The van der Waals surface area contributed by atoms with Crippen molar-refractivity contribution >= 4 is 5.78 Å². The Labute approximate surface area is 95.0 Å². The van der Waals surface area contributed by atoms with E-state index in [0.717, 1.165) is 5.57 Å². The first-order chi connectivity index (χ1) is 7.41. The maximum atomic E-state index is 11.7.